The van der Waals surface area contributed by atoms with Gasteiger partial charge in [0.25, 0.3) is 10.0 Å². The minimum atomic E-state index is -4.01. The van der Waals surface area contributed by atoms with Gasteiger partial charge in [0, 0.05) is 18.1 Å². The predicted octanol–water partition coefficient (Wildman–Crippen LogP) is 4.97. The fourth-order valence-electron chi connectivity index (χ4n) is 3.53. The van der Waals surface area contributed by atoms with Crippen LogP contribution >= 0.6 is 23.2 Å². The standard InChI is InChI=1S/C20H20Cl2N4O2S/c1-13-5-4-10-26(12-13)20-19(23-16-6-2-3-7-17(16)24-20)25-29(27,28)18-11-14(21)8-9-15(18)22/h2-3,6-9,11,13H,4-5,10,12H2,1H3,(H,23,25)/t13-/m0/s1. The molecule has 0 unspecified atom stereocenters. The Labute approximate surface area is 179 Å². The Bertz CT molecular complexity index is 1170. The molecule has 1 aromatic heterocycles. The highest BCUT2D eigenvalue weighted by molar-refractivity contribution is 7.92. The maximum Gasteiger partial charge on any atom is 0.264 e. The second-order valence-electron chi connectivity index (χ2n) is 7.26. The highest BCUT2D eigenvalue weighted by Crippen LogP contribution is 2.32. The molecule has 2 aromatic carbocycles. The fourth-order valence-corrected chi connectivity index (χ4v) is 5.29. The van der Waals surface area contributed by atoms with Crippen molar-refractivity contribution in [3.8, 4) is 0 Å². The van der Waals surface area contributed by atoms with Crippen LogP contribution in [-0.2, 0) is 10.0 Å². The van der Waals surface area contributed by atoms with E-state index in [2.05, 4.69) is 21.5 Å². The van der Waals surface area contributed by atoms with Gasteiger partial charge in [-0.25, -0.2) is 18.4 Å². The number of hydrogen-bond donors (Lipinski definition) is 1. The molecule has 1 aliphatic rings. The number of piperidine rings is 1. The van der Waals surface area contributed by atoms with Crippen LogP contribution in [0.1, 0.15) is 19.8 Å². The van der Waals surface area contributed by atoms with Crippen LogP contribution < -0.4 is 9.62 Å². The number of nitrogens with zero attached hydrogens (tertiary/aromatic N) is 3. The summed E-state index contributed by atoms with van der Waals surface area (Å²) in [5, 5.41) is 0.369. The average molecular weight is 451 g/mol. The first kappa shape index (κ1) is 20.2. The molecule has 4 rings (SSSR count). The number of hydrogen-bond acceptors (Lipinski definition) is 5. The van der Waals surface area contributed by atoms with Gasteiger partial charge in [0.2, 0.25) is 0 Å². The largest absolute Gasteiger partial charge is 0.353 e. The molecule has 1 atom stereocenters. The smallest absolute Gasteiger partial charge is 0.264 e. The lowest BCUT2D eigenvalue weighted by molar-refractivity contribution is 0.445. The van der Waals surface area contributed by atoms with E-state index in [0.717, 1.165) is 25.9 Å². The summed E-state index contributed by atoms with van der Waals surface area (Å²) in [5.74, 6) is 1.20. The number of aromatic nitrogens is 2. The summed E-state index contributed by atoms with van der Waals surface area (Å²) in [6.07, 6.45) is 2.15. The van der Waals surface area contributed by atoms with Crippen LogP contribution in [-0.4, -0.2) is 31.5 Å². The molecular weight excluding hydrogens is 431 g/mol. The molecule has 2 heterocycles. The molecule has 0 spiro atoms. The van der Waals surface area contributed by atoms with Gasteiger partial charge in [-0.3, -0.25) is 4.72 Å². The highest BCUT2D eigenvalue weighted by Gasteiger charge is 2.26. The van der Waals surface area contributed by atoms with Gasteiger partial charge in [-0.15, -0.1) is 0 Å². The quantitative estimate of drug-likeness (QED) is 0.606. The molecule has 0 saturated carbocycles. The summed E-state index contributed by atoms with van der Waals surface area (Å²) in [4.78, 5) is 11.3. The Hall–Kier alpha value is -2.09. The van der Waals surface area contributed by atoms with E-state index < -0.39 is 10.0 Å². The Kier molecular flexibility index (Phi) is 5.55. The van der Waals surface area contributed by atoms with Crippen molar-refractivity contribution in [2.24, 2.45) is 5.92 Å². The SMILES string of the molecule is C[C@H]1CCCN(c2nc3ccccc3nc2NS(=O)(=O)c2cc(Cl)ccc2Cl)C1. The highest BCUT2D eigenvalue weighted by atomic mass is 35.5. The Morgan fingerprint density at radius 2 is 1.83 bits per heavy atom. The van der Waals surface area contributed by atoms with Crippen LogP contribution in [0.2, 0.25) is 10.0 Å². The second-order valence-corrected chi connectivity index (χ2v) is 9.75. The number of anilines is 2. The molecular formula is C20H20Cl2N4O2S. The molecule has 0 aliphatic carbocycles. The molecule has 9 heteroatoms. The van der Waals surface area contributed by atoms with Crippen molar-refractivity contribution < 1.29 is 8.42 Å². The number of benzene rings is 2. The van der Waals surface area contributed by atoms with Gasteiger partial charge in [0.1, 0.15) is 4.90 Å². The molecule has 0 bridgehead atoms. The lowest BCUT2D eigenvalue weighted by Crippen LogP contribution is -2.35. The molecule has 29 heavy (non-hydrogen) atoms. The van der Waals surface area contributed by atoms with Crippen LogP contribution in [0.3, 0.4) is 0 Å². The van der Waals surface area contributed by atoms with Gasteiger partial charge in [-0.05, 0) is 49.1 Å². The van der Waals surface area contributed by atoms with Gasteiger partial charge in [-0.2, -0.15) is 0 Å². The summed E-state index contributed by atoms with van der Waals surface area (Å²) >= 11 is 12.1. The van der Waals surface area contributed by atoms with Crippen LogP contribution in [0.25, 0.3) is 11.0 Å². The Morgan fingerprint density at radius 1 is 1.10 bits per heavy atom. The van der Waals surface area contributed by atoms with E-state index in [9.17, 15) is 8.42 Å². The van der Waals surface area contributed by atoms with Crippen molar-refractivity contribution in [2.75, 3.05) is 22.7 Å². The lowest BCUT2D eigenvalue weighted by Gasteiger charge is -2.32. The third-order valence-corrected chi connectivity index (χ3v) is 6.98. The maximum atomic E-state index is 13.1. The summed E-state index contributed by atoms with van der Waals surface area (Å²) in [6, 6.07) is 11.7. The van der Waals surface area contributed by atoms with E-state index in [1.165, 1.54) is 12.1 Å². The van der Waals surface area contributed by atoms with Crippen molar-refractivity contribution in [1.82, 2.24) is 9.97 Å². The molecule has 1 fully saturated rings. The molecule has 0 amide bonds. The van der Waals surface area contributed by atoms with Gasteiger partial charge in [0.15, 0.2) is 11.6 Å². The van der Waals surface area contributed by atoms with E-state index in [0.29, 0.717) is 22.8 Å². The van der Waals surface area contributed by atoms with Gasteiger partial charge in [-0.1, -0.05) is 42.3 Å². The van der Waals surface area contributed by atoms with Crippen molar-refractivity contribution in [3.63, 3.8) is 0 Å². The van der Waals surface area contributed by atoms with Crippen LogP contribution in [0, 0.1) is 5.92 Å². The molecule has 1 aliphatic heterocycles. The van der Waals surface area contributed by atoms with Crippen LogP contribution in [0.5, 0.6) is 0 Å². The van der Waals surface area contributed by atoms with Crippen molar-refractivity contribution >= 4 is 55.9 Å². The van der Waals surface area contributed by atoms with Crippen LogP contribution in [0.4, 0.5) is 11.6 Å². The first-order chi connectivity index (χ1) is 13.8. The maximum absolute atomic E-state index is 13.1. The zero-order chi connectivity index (χ0) is 20.6. The van der Waals surface area contributed by atoms with Gasteiger partial charge >= 0.3 is 0 Å². The van der Waals surface area contributed by atoms with E-state index in [4.69, 9.17) is 28.2 Å². The monoisotopic (exact) mass is 450 g/mol. The molecule has 1 N–H and O–H groups in total. The fraction of sp³-hybridized carbons (Fsp3) is 0.300. The first-order valence-electron chi connectivity index (χ1n) is 9.33. The summed E-state index contributed by atoms with van der Waals surface area (Å²) < 4.78 is 28.7. The van der Waals surface area contributed by atoms with Crippen molar-refractivity contribution in [3.05, 3.63) is 52.5 Å². The topological polar surface area (TPSA) is 75.2 Å². The minimum Gasteiger partial charge on any atom is -0.353 e. The van der Waals surface area contributed by atoms with E-state index in [-0.39, 0.29) is 20.8 Å². The van der Waals surface area contributed by atoms with Gasteiger partial charge < -0.3 is 4.90 Å². The number of halogens is 2. The third kappa shape index (κ3) is 4.27. The molecule has 3 aromatic rings. The summed E-state index contributed by atoms with van der Waals surface area (Å²) in [6.45, 7) is 3.76. The molecule has 6 nitrogen and oxygen atoms in total. The Morgan fingerprint density at radius 3 is 2.55 bits per heavy atom. The van der Waals surface area contributed by atoms with Gasteiger partial charge in [0.05, 0.1) is 16.1 Å². The molecule has 152 valence electrons. The number of nitrogens with one attached hydrogen (secondary N) is 1. The predicted molar refractivity (Wildman–Crippen MR) is 117 cm³/mol. The summed E-state index contributed by atoms with van der Waals surface area (Å²) in [5.41, 5.74) is 1.32. The zero-order valence-electron chi connectivity index (χ0n) is 15.8. The van der Waals surface area contributed by atoms with E-state index in [1.54, 1.807) is 12.1 Å². The Balaban J connectivity index is 1.81. The average Bonchev–Trinajstić information content (AvgIpc) is 2.69. The number of fused-ring (bicyclic) bond motifs is 1. The van der Waals surface area contributed by atoms with E-state index >= 15 is 0 Å². The van der Waals surface area contributed by atoms with Crippen molar-refractivity contribution in [1.29, 1.82) is 0 Å². The first-order valence-corrected chi connectivity index (χ1v) is 11.6. The van der Waals surface area contributed by atoms with Crippen molar-refractivity contribution in [2.45, 2.75) is 24.7 Å². The normalized spacial score (nSPS) is 17.5. The molecule has 1 saturated heterocycles. The summed E-state index contributed by atoms with van der Waals surface area (Å²) in [7, 11) is -4.01. The number of rotatable bonds is 4. The third-order valence-electron chi connectivity index (χ3n) is 4.92. The second kappa shape index (κ2) is 7.97. The zero-order valence-corrected chi connectivity index (χ0v) is 18.1. The molecule has 0 radical (unpaired) electrons. The lowest BCUT2D eigenvalue weighted by atomic mass is 10.0. The minimum absolute atomic E-state index is 0.0868. The van der Waals surface area contributed by atoms with Crippen LogP contribution in [0.15, 0.2) is 47.4 Å². The number of para-hydroxylation sites is 2. The number of sulfonamides is 1. The van der Waals surface area contributed by atoms with E-state index in [1.807, 2.05) is 18.2 Å².